The normalized spacial score (nSPS) is 41.8. The molecule has 8 fully saturated rings. The molecule has 8 aliphatic rings. The number of esters is 2. The minimum atomic E-state index is -0.970. The molecule has 14 heteroatoms. The molecule has 0 saturated carbocycles. The summed E-state index contributed by atoms with van der Waals surface area (Å²) in [5.74, 6) is -1.86. The van der Waals surface area contributed by atoms with Crippen molar-refractivity contribution in [1.82, 2.24) is 0 Å². The monoisotopic (exact) mass is 852 g/mol. The maximum absolute atomic E-state index is 13.3. The van der Waals surface area contributed by atoms with Gasteiger partial charge in [-0.15, -0.1) is 6.58 Å². The molecule has 1 unspecified atom stereocenters. The first-order valence-corrected chi connectivity index (χ1v) is 22.2. The molecule has 0 spiro atoms. The second-order valence-electron chi connectivity index (χ2n) is 18.2. The van der Waals surface area contributed by atoms with Gasteiger partial charge >= 0.3 is 11.9 Å². The second kappa shape index (κ2) is 19.0. The summed E-state index contributed by atoms with van der Waals surface area (Å²) in [5.41, 5.74) is 2.49. The fourth-order valence-corrected chi connectivity index (χ4v) is 11.0. The first-order chi connectivity index (χ1) is 29.4. The van der Waals surface area contributed by atoms with E-state index in [1.54, 1.807) is 37.5 Å². The number of hydrogen-bond donors (Lipinski definition) is 2. The van der Waals surface area contributed by atoms with Gasteiger partial charge in [0.15, 0.2) is 11.9 Å². The maximum Gasteiger partial charge on any atom is 0.338 e. The summed E-state index contributed by atoms with van der Waals surface area (Å²) < 4.78 is 63.6. The topological polar surface area (TPSA) is 167 Å². The zero-order valence-electron chi connectivity index (χ0n) is 35.7. The largest absolute Gasteiger partial charge is 0.469 e. The summed E-state index contributed by atoms with van der Waals surface area (Å²) in [7, 11) is 2.93. The lowest BCUT2D eigenvalue weighted by atomic mass is 9.82. The first kappa shape index (κ1) is 44.6. The third-order valence-corrected chi connectivity index (χ3v) is 14.2. The van der Waals surface area contributed by atoms with E-state index in [2.05, 4.69) is 26.7 Å². The molecule has 8 saturated heterocycles. The van der Waals surface area contributed by atoms with E-state index in [-0.39, 0.29) is 73.4 Å². The number of ether oxygens (including phenoxy) is 10. The Morgan fingerprint density at radius 1 is 0.902 bits per heavy atom. The molecule has 2 N–H and O–H groups in total. The van der Waals surface area contributed by atoms with Crippen molar-refractivity contribution in [3.05, 3.63) is 72.9 Å². The summed E-state index contributed by atoms with van der Waals surface area (Å²) in [6.45, 7) is 14.5. The van der Waals surface area contributed by atoms with Crippen molar-refractivity contribution in [1.29, 1.82) is 0 Å². The number of aliphatic hydroxyl groups excluding tert-OH is 2. The highest BCUT2D eigenvalue weighted by Crippen LogP contribution is 2.53. The Morgan fingerprint density at radius 2 is 1.66 bits per heavy atom. The average Bonchev–Trinajstić information content (AvgIpc) is 3.94. The fraction of sp³-hybridized carbons (Fsp3) is 0.702. The highest BCUT2D eigenvalue weighted by Gasteiger charge is 2.68. The van der Waals surface area contributed by atoms with Crippen LogP contribution in [0.15, 0.2) is 67.3 Å². The number of hydrogen-bond acceptors (Lipinski definition) is 14. The molecule has 1 aromatic rings. The van der Waals surface area contributed by atoms with E-state index in [1.807, 2.05) is 6.07 Å². The van der Waals surface area contributed by atoms with Crippen molar-refractivity contribution in [2.45, 2.75) is 175 Å². The molecule has 18 atom stereocenters. The molecule has 6 bridgehead atoms. The van der Waals surface area contributed by atoms with Crippen molar-refractivity contribution in [3.8, 4) is 0 Å². The Bertz CT molecular complexity index is 1740. The first-order valence-electron chi connectivity index (χ1n) is 22.2. The Hall–Kier alpha value is -3.02. The van der Waals surface area contributed by atoms with E-state index in [4.69, 9.17) is 47.4 Å². The minimum absolute atomic E-state index is 0.0457. The van der Waals surface area contributed by atoms with Crippen molar-refractivity contribution >= 4 is 11.9 Å². The molecule has 0 aliphatic carbocycles. The quantitative estimate of drug-likeness (QED) is 0.151. The van der Waals surface area contributed by atoms with Crippen LogP contribution in [-0.4, -0.2) is 140 Å². The average molecular weight is 853 g/mol. The van der Waals surface area contributed by atoms with Crippen molar-refractivity contribution in [3.63, 3.8) is 0 Å². The standard InChI is InChI=1S/C47H64O14/c1-7-11-34-41(59-46(51)28-12-9-8-10-13-28)45-44-43(57-34)42-38(58-44)23-47(60-42,61-45)17-16-31-19-26(3)33(54-31)15-14-30-18-25(2)27(4)35(55-30)22-36-32(21-39(50)52-5)40(53-6)37(56-36)20-29(49)24-48/h7-10,12-13,25,29-38,40-45,48-49H,1,3-4,11,14-24H2,2,5-6H3/t25-,29+,30+,31+,32+,33+,34+,35-,36+,37-,38-,40-,41+,42+,43+,44-,45+,47?/m1/s1. The van der Waals surface area contributed by atoms with Crippen LogP contribution in [0.2, 0.25) is 0 Å². The van der Waals surface area contributed by atoms with Gasteiger partial charge in [-0.3, -0.25) is 4.79 Å². The SMILES string of the molecule is C=CC[C@@H]1O[C@@H]2[C@H]3O[C@@H]4CC(CC[C@H]5CC(=C)[C@H](CC[C@H]6C[C@@H](C)C(=C)[C@@H](C[C@@H]7O[C@H](C[C@H](O)CO)[C@H](OC)[C@H]7CC(=O)OC)O6)O5)(O[C@H]3[C@H]1OC(=O)c1ccccc1)O[C@H]24. The van der Waals surface area contributed by atoms with Crippen LogP contribution in [0.3, 0.4) is 0 Å². The van der Waals surface area contributed by atoms with Gasteiger partial charge in [0.2, 0.25) is 0 Å². The van der Waals surface area contributed by atoms with Gasteiger partial charge < -0.3 is 57.6 Å². The lowest BCUT2D eigenvalue weighted by Gasteiger charge is -2.43. The Kier molecular flexibility index (Phi) is 13.9. The molecule has 0 radical (unpaired) electrons. The fourth-order valence-electron chi connectivity index (χ4n) is 11.0. The molecule has 8 heterocycles. The number of carbonyl (C=O) groups is 2. The molecular weight excluding hydrogens is 789 g/mol. The van der Waals surface area contributed by atoms with Crippen LogP contribution in [0.1, 0.15) is 87.9 Å². The summed E-state index contributed by atoms with van der Waals surface area (Å²) in [5, 5.41) is 19.7. The van der Waals surface area contributed by atoms with E-state index < -0.39 is 67.2 Å². The van der Waals surface area contributed by atoms with Gasteiger partial charge in [0, 0.05) is 38.7 Å². The predicted octanol–water partition coefficient (Wildman–Crippen LogP) is 4.93. The van der Waals surface area contributed by atoms with Gasteiger partial charge in [0.1, 0.15) is 30.5 Å². The maximum atomic E-state index is 13.3. The van der Waals surface area contributed by atoms with Crippen LogP contribution in [0.4, 0.5) is 0 Å². The van der Waals surface area contributed by atoms with Gasteiger partial charge in [-0.25, -0.2) is 4.79 Å². The van der Waals surface area contributed by atoms with Crippen LogP contribution in [0.25, 0.3) is 0 Å². The highest BCUT2D eigenvalue weighted by molar-refractivity contribution is 5.89. The van der Waals surface area contributed by atoms with Gasteiger partial charge in [0.05, 0.1) is 80.6 Å². The Morgan fingerprint density at radius 3 is 2.39 bits per heavy atom. The second-order valence-corrected chi connectivity index (χ2v) is 18.2. The predicted molar refractivity (Wildman–Crippen MR) is 219 cm³/mol. The Labute approximate surface area is 358 Å². The van der Waals surface area contributed by atoms with E-state index >= 15 is 0 Å². The lowest BCUT2D eigenvalue weighted by Crippen LogP contribution is -2.59. The smallest absolute Gasteiger partial charge is 0.338 e. The molecule has 1 aromatic carbocycles. The summed E-state index contributed by atoms with van der Waals surface area (Å²) in [4.78, 5) is 25.8. The molecule has 336 valence electrons. The highest BCUT2D eigenvalue weighted by atomic mass is 16.8. The minimum Gasteiger partial charge on any atom is -0.469 e. The van der Waals surface area contributed by atoms with E-state index in [1.165, 1.54) is 7.11 Å². The zero-order valence-corrected chi connectivity index (χ0v) is 35.7. The number of benzene rings is 1. The van der Waals surface area contributed by atoms with Crippen LogP contribution >= 0.6 is 0 Å². The van der Waals surface area contributed by atoms with Gasteiger partial charge in [-0.05, 0) is 67.7 Å². The van der Waals surface area contributed by atoms with Gasteiger partial charge in [-0.1, -0.05) is 44.4 Å². The molecule has 61 heavy (non-hydrogen) atoms. The van der Waals surface area contributed by atoms with Crippen LogP contribution in [0.5, 0.6) is 0 Å². The van der Waals surface area contributed by atoms with E-state index in [0.29, 0.717) is 37.7 Å². The van der Waals surface area contributed by atoms with Crippen molar-refractivity contribution < 1.29 is 67.2 Å². The lowest BCUT2D eigenvalue weighted by molar-refractivity contribution is -0.272. The van der Waals surface area contributed by atoms with E-state index in [9.17, 15) is 19.8 Å². The third-order valence-electron chi connectivity index (χ3n) is 14.2. The zero-order chi connectivity index (χ0) is 43.0. The summed E-state index contributed by atoms with van der Waals surface area (Å²) in [6, 6.07) is 8.92. The third kappa shape index (κ3) is 9.31. The van der Waals surface area contributed by atoms with Gasteiger partial charge in [0.25, 0.3) is 0 Å². The van der Waals surface area contributed by atoms with Crippen molar-refractivity contribution in [2.24, 2.45) is 11.8 Å². The Balaban J connectivity index is 0.870. The summed E-state index contributed by atoms with van der Waals surface area (Å²) in [6.07, 6.45) is 2.09. The van der Waals surface area contributed by atoms with Crippen LogP contribution in [0, 0.1) is 11.8 Å². The summed E-state index contributed by atoms with van der Waals surface area (Å²) >= 11 is 0. The van der Waals surface area contributed by atoms with E-state index in [0.717, 1.165) is 36.8 Å². The molecule has 14 nitrogen and oxygen atoms in total. The molecule has 0 aromatic heterocycles. The van der Waals surface area contributed by atoms with Crippen LogP contribution in [-0.2, 0) is 52.2 Å². The molecular formula is C47H64O14. The number of aliphatic hydroxyl groups is 2. The molecule has 8 aliphatic heterocycles. The van der Waals surface area contributed by atoms with Crippen molar-refractivity contribution in [2.75, 3.05) is 20.8 Å². The number of carbonyl (C=O) groups excluding carboxylic acids is 2. The molecule has 9 rings (SSSR count). The number of rotatable bonds is 18. The van der Waals surface area contributed by atoms with Crippen LogP contribution < -0.4 is 0 Å². The number of methoxy groups -OCH3 is 2. The molecule has 0 amide bonds. The van der Waals surface area contributed by atoms with Gasteiger partial charge in [-0.2, -0.15) is 0 Å².